The zero-order valence-electron chi connectivity index (χ0n) is 20.0. The van der Waals surface area contributed by atoms with Crippen LogP contribution in [0.1, 0.15) is 12.8 Å². The van der Waals surface area contributed by atoms with Gasteiger partial charge in [0, 0.05) is 38.1 Å². The van der Waals surface area contributed by atoms with Crippen LogP contribution in [-0.2, 0) is 14.3 Å². The number of amides is 1. The summed E-state index contributed by atoms with van der Waals surface area (Å²) in [6.45, 7) is 5.59. The van der Waals surface area contributed by atoms with Crippen molar-refractivity contribution in [3.63, 3.8) is 0 Å². The third-order valence-electron chi connectivity index (χ3n) is 5.64. The number of carbonyl (C=O) groups excluding carboxylic acids is 1. The lowest BCUT2D eigenvalue weighted by atomic mass is 10.2. The van der Waals surface area contributed by atoms with Crippen LogP contribution in [0.5, 0.6) is 0 Å². The van der Waals surface area contributed by atoms with Crippen LogP contribution in [-0.4, -0.2) is 88.7 Å². The number of morpholine rings is 1. The fraction of sp³-hybridized carbons (Fsp3) is 0.435. The minimum Gasteiger partial charge on any atom is -0.383 e. The summed E-state index contributed by atoms with van der Waals surface area (Å²) in [6, 6.07) is 9.74. The van der Waals surface area contributed by atoms with E-state index in [1.807, 2.05) is 30.3 Å². The fourth-order valence-corrected chi connectivity index (χ4v) is 5.63. The lowest BCUT2D eigenvalue weighted by Crippen LogP contribution is -2.37. The van der Waals surface area contributed by atoms with Crippen molar-refractivity contribution in [3.05, 3.63) is 30.3 Å². The number of benzene rings is 1. The Morgan fingerprint density at radius 3 is 2.97 bits per heavy atom. The van der Waals surface area contributed by atoms with Gasteiger partial charge in [0.2, 0.25) is 11.1 Å². The largest absolute Gasteiger partial charge is 0.383 e. The molecule has 1 aliphatic heterocycles. The highest BCUT2D eigenvalue weighted by atomic mass is 32.2. The predicted molar refractivity (Wildman–Crippen MR) is 140 cm³/mol. The van der Waals surface area contributed by atoms with E-state index in [0.29, 0.717) is 35.5 Å². The van der Waals surface area contributed by atoms with Gasteiger partial charge in [-0.3, -0.25) is 9.69 Å². The van der Waals surface area contributed by atoms with Crippen molar-refractivity contribution in [1.29, 1.82) is 0 Å². The van der Waals surface area contributed by atoms with Gasteiger partial charge in [0.25, 0.3) is 0 Å². The second-order valence-electron chi connectivity index (χ2n) is 8.25. The molecule has 0 aliphatic carbocycles. The molecule has 0 saturated carbocycles. The van der Waals surface area contributed by atoms with Crippen LogP contribution >= 0.6 is 23.1 Å². The minimum atomic E-state index is -0.00664. The van der Waals surface area contributed by atoms with E-state index in [-0.39, 0.29) is 5.91 Å². The number of hydrogen-bond donors (Lipinski definition) is 2. The molecule has 4 aromatic rings. The molecule has 0 bridgehead atoms. The van der Waals surface area contributed by atoms with Gasteiger partial charge < -0.3 is 20.1 Å². The van der Waals surface area contributed by atoms with Gasteiger partial charge in [0.05, 0.1) is 30.0 Å². The summed E-state index contributed by atoms with van der Waals surface area (Å²) in [4.78, 5) is 20.3. The third kappa shape index (κ3) is 6.28. The van der Waals surface area contributed by atoms with Gasteiger partial charge in [-0.15, -0.1) is 15.3 Å². The van der Waals surface area contributed by atoms with Gasteiger partial charge in [0.1, 0.15) is 5.82 Å². The van der Waals surface area contributed by atoms with E-state index in [1.54, 1.807) is 11.6 Å². The van der Waals surface area contributed by atoms with Crippen LogP contribution in [0.3, 0.4) is 0 Å². The second-order valence-corrected chi connectivity index (χ2v) is 10.3. The summed E-state index contributed by atoms with van der Waals surface area (Å²) in [5.74, 6) is 0.720. The number of anilines is 2. The van der Waals surface area contributed by atoms with E-state index >= 15 is 0 Å². The summed E-state index contributed by atoms with van der Waals surface area (Å²) in [6.07, 6.45) is 1.30. The Morgan fingerprint density at radius 1 is 1.22 bits per heavy atom. The van der Waals surface area contributed by atoms with E-state index in [2.05, 4.69) is 35.8 Å². The maximum atomic E-state index is 12.4. The average molecular weight is 529 g/mol. The van der Waals surface area contributed by atoms with Crippen LogP contribution < -0.4 is 10.6 Å². The third-order valence-corrected chi connectivity index (χ3v) is 7.50. The number of aromatic nitrogens is 5. The second kappa shape index (κ2) is 11.9. The van der Waals surface area contributed by atoms with Crippen molar-refractivity contribution in [2.75, 3.05) is 63.7 Å². The van der Waals surface area contributed by atoms with Gasteiger partial charge >= 0.3 is 0 Å². The van der Waals surface area contributed by atoms with Crippen molar-refractivity contribution in [1.82, 2.24) is 29.7 Å². The van der Waals surface area contributed by atoms with E-state index < -0.39 is 0 Å². The molecule has 3 aromatic heterocycles. The topological polar surface area (TPSA) is 119 Å². The molecule has 1 aromatic carbocycles. The molecule has 1 amide bonds. The Kier molecular flexibility index (Phi) is 8.23. The molecule has 0 unspecified atom stereocenters. The van der Waals surface area contributed by atoms with E-state index in [9.17, 15) is 4.79 Å². The number of fused-ring (bicyclic) bond motifs is 2. The highest BCUT2D eigenvalue weighted by molar-refractivity contribution is 7.99. The molecule has 2 N–H and O–H groups in total. The summed E-state index contributed by atoms with van der Waals surface area (Å²) < 4.78 is 13.2. The Bertz CT molecular complexity index is 1320. The molecule has 4 heterocycles. The number of ether oxygens (including phenoxy) is 2. The molecule has 11 nitrogen and oxygen atoms in total. The molecule has 36 heavy (non-hydrogen) atoms. The highest BCUT2D eigenvalue weighted by Crippen LogP contribution is 2.33. The number of rotatable bonds is 11. The predicted octanol–water partition coefficient (Wildman–Crippen LogP) is 2.99. The quantitative estimate of drug-likeness (QED) is 0.281. The molecule has 0 radical (unpaired) electrons. The number of nitrogens with one attached hydrogen (secondary N) is 2. The first-order valence-electron chi connectivity index (χ1n) is 11.8. The van der Waals surface area contributed by atoms with Gasteiger partial charge in [-0.25, -0.2) is 4.98 Å². The van der Waals surface area contributed by atoms with Crippen LogP contribution in [0.25, 0.3) is 15.9 Å². The average Bonchev–Trinajstić information content (AvgIpc) is 3.47. The Hall–Kier alpha value is -2.84. The molecule has 5 rings (SSSR count). The standard InChI is InChI=1S/C23H28N8O3S2/c1-33-12-8-24-19-6-7-20-27-28-23(31(20)29-19)35-16-4-5-17-18(15-16)36-22(25-17)26-21(32)3-2-9-30-10-13-34-14-11-30/h4-7,15H,2-3,8-14H2,1H3,(H,24,29)(H,25,26,32). The fourth-order valence-electron chi connectivity index (χ4n) is 3.81. The van der Waals surface area contributed by atoms with Crippen LogP contribution in [0.2, 0.25) is 0 Å². The maximum absolute atomic E-state index is 12.4. The SMILES string of the molecule is COCCNc1ccc2nnc(Sc3ccc4nc(NC(=O)CCCN5CCOCC5)sc4c3)n2n1. The molecule has 1 aliphatic rings. The van der Waals surface area contributed by atoms with Crippen LogP contribution in [0.4, 0.5) is 10.9 Å². The molecule has 0 spiro atoms. The molecule has 1 saturated heterocycles. The van der Waals surface area contributed by atoms with E-state index in [0.717, 1.165) is 60.2 Å². The van der Waals surface area contributed by atoms with Crippen molar-refractivity contribution in [3.8, 4) is 0 Å². The normalized spacial score (nSPS) is 14.5. The first-order chi connectivity index (χ1) is 17.7. The van der Waals surface area contributed by atoms with Gasteiger partial charge in [0.15, 0.2) is 10.8 Å². The lowest BCUT2D eigenvalue weighted by Gasteiger charge is -2.26. The number of carbonyl (C=O) groups is 1. The maximum Gasteiger partial charge on any atom is 0.226 e. The van der Waals surface area contributed by atoms with Crippen LogP contribution in [0, 0.1) is 0 Å². The lowest BCUT2D eigenvalue weighted by molar-refractivity contribution is -0.116. The summed E-state index contributed by atoms with van der Waals surface area (Å²) in [5.41, 5.74) is 1.52. The first-order valence-corrected chi connectivity index (χ1v) is 13.4. The summed E-state index contributed by atoms with van der Waals surface area (Å²) in [5, 5.41) is 20.6. The molecular weight excluding hydrogens is 500 g/mol. The van der Waals surface area contributed by atoms with Gasteiger partial charge in [-0.05, 0) is 55.1 Å². The molecule has 13 heteroatoms. The molecule has 0 atom stereocenters. The number of nitrogens with zero attached hydrogens (tertiary/aromatic N) is 6. The van der Waals surface area contributed by atoms with Crippen LogP contribution in [0.15, 0.2) is 40.4 Å². The zero-order chi connectivity index (χ0) is 24.7. The number of thiazole rings is 1. The van der Waals surface area contributed by atoms with Crippen molar-refractivity contribution >= 4 is 55.8 Å². The smallest absolute Gasteiger partial charge is 0.226 e. The first kappa shape index (κ1) is 24.8. The van der Waals surface area contributed by atoms with Gasteiger partial charge in [-0.1, -0.05) is 11.3 Å². The Balaban J connectivity index is 1.20. The van der Waals surface area contributed by atoms with E-state index in [1.165, 1.54) is 23.1 Å². The monoisotopic (exact) mass is 528 g/mol. The zero-order valence-corrected chi connectivity index (χ0v) is 21.6. The van der Waals surface area contributed by atoms with E-state index in [4.69, 9.17) is 9.47 Å². The van der Waals surface area contributed by atoms with Crippen molar-refractivity contribution < 1.29 is 14.3 Å². The highest BCUT2D eigenvalue weighted by Gasteiger charge is 2.14. The molecular formula is C23H28N8O3S2. The molecule has 190 valence electrons. The Morgan fingerprint density at radius 2 is 2.11 bits per heavy atom. The van der Waals surface area contributed by atoms with Crippen molar-refractivity contribution in [2.24, 2.45) is 0 Å². The van der Waals surface area contributed by atoms with Crippen molar-refractivity contribution in [2.45, 2.75) is 22.9 Å². The summed E-state index contributed by atoms with van der Waals surface area (Å²) >= 11 is 2.94. The molecule has 1 fully saturated rings. The Labute approximate surface area is 216 Å². The summed E-state index contributed by atoms with van der Waals surface area (Å²) in [7, 11) is 1.66. The number of methoxy groups -OCH3 is 1. The number of hydrogen-bond acceptors (Lipinski definition) is 11. The minimum absolute atomic E-state index is 0.00664. The van der Waals surface area contributed by atoms with Gasteiger partial charge in [-0.2, -0.15) is 4.52 Å².